The molecule has 104 valence electrons. The molecule has 6 heteroatoms. The summed E-state index contributed by atoms with van der Waals surface area (Å²) in [5.41, 5.74) is 2.37. The summed E-state index contributed by atoms with van der Waals surface area (Å²) >= 11 is 7.30. The highest BCUT2D eigenvalue weighted by atomic mass is 35.5. The van der Waals surface area contributed by atoms with Crippen LogP contribution < -0.4 is 0 Å². The summed E-state index contributed by atoms with van der Waals surface area (Å²) in [6.45, 7) is 1.60. The first-order valence-electron chi connectivity index (χ1n) is 6.15. The van der Waals surface area contributed by atoms with E-state index in [0.29, 0.717) is 10.7 Å². The summed E-state index contributed by atoms with van der Waals surface area (Å²) in [5, 5.41) is 19.9. The van der Waals surface area contributed by atoms with Gasteiger partial charge in [0.2, 0.25) is 0 Å². The minimum Gasteiger partial charge on any atom is -0.390 e. The van der Waals surface area contributed by atoms with Crippen LogP contribution in [0, 0.1) is 0 Å². The Bertz CT molecular complexity index is 746. The van der Waals surface area contributed by atoms with Gasteiger partial charge in [0.05, 0.1) is 29.0 Å². The second kappa shape index (κ2) is 5.18. The molecule has 2 N–H and O–H groups in total. The highest BCUT2D eigenvalue weighted by Gasteiger charge is 2.17. The molecule has 3 aromatic rings. The van der Waals surface area contributed by atoms with Gasteiger partial charge in [0.25, 0.3) is 0 Å². The van der Waals surface area contributed by atoms with Gasteiger partial charge in [-0.15, -0.1) is 0 Å². The van der Waals surface area contributed by atoms with Gasteiger partial charge in [-0.3, -0.25) is 4.40 Å². The van der Waals surface area contributed by atoms with E-state index in [4.69, 9.17) is 11.6 Å². The van der Waals surface area contributed by atoms with Crippen molar-refractivity contribution in [1.82, 2.24) is 9.38 Å². The molecule has 4 nitrogen and oxygen atoms in total. The molecule has 0 fully saturated rings. The van der Waals surface area contributed by atoms with Crippen LogP contribution in [-0.2, 0) is 6.61 Å². The van der Waals surface area contributed by atoms with Crippen LogP contribution in [0.4, 0.5) is 0 Å². The molecule has 20 heavy (non-hydrogen) atoms. The van der Waals surface area contributed by atoms with Crippen molar-refractivity contribution < 1.29 is 10.2 Å². The number of imidazole rings is 1. The summed E-state index contributed by atoms with van der Waals surface area (Å²) in [4.78, 5) is 6.14. The molecule has 0 saturated heterocycles. The van der Waals surface area contributed by atoms with Crippen LogP contribution in [0.2, 0.25) is 5.02 Å². The Morgan fingerprint density at radius 3 is 2.65 bits per heavy atom. The zero-order valence-corrected chi connectivity index (χ0v) is 12.3. The molecular formula is C14H13ClN2O2S. The maximum absolute atomic E-state index is 9.62. The number of aromatic nitrogens is 2. The number of rotatable bonds is 3. The first kappa shape index (κ1) is 13.6. The summed E-state index contributed by atoms with van der Waals surface area (Å²) < 4.78 is 1.83. The number of thiazole rings is 1. The zero-order valence-electron chi connectivity index (χ0n) is 10.7. The van der Waals surface area contributed by atoms with E-state index in [2.05, 4.69) is 4.98 Å². The predicted molar refractivity (Wildman–Crippen MR) is 80.1 cm³/mol. The molecule has 0 aliphatic heterocycles. The fourth-order valence-corrected chi connectivity index (χ4v) is 3.15. The first-order valence-corrected chi connectivity index (χ1v) is 7.35. The maximum Gasteiger partial charge on any atom is 0.194 e. The van der Waals surface area contributed by atoms with Crippen LogP contribution in [0.5, 0.6) is 0 Å². The van der Waals surface area contributed by atoms with E-state index >= 15 is 0 Å². The molecule has 3 rings (SSSR count). The Kier molecular flexibility index (Phi) is 3.52. The van der Waals surface area contributed by atoms with Crippen LogP contribution in [-0.4, -0.2) is 19.6 Å². The largest absolute Gasteiger partial charge is 0.390 e. The van der Waals surface area contributed by atoms with Gasteiger partial charge in [-0.2, -0.15) is 0 Å². The van der Waals surface area contributed by atoms with Crippen LogP contribution in [0.3, 0.4) is 0 Å². The number of aliphatic hydroxyl groups excluding tert-OH is 2. The fourth-order valence-electron chi connectivity index (χ4n) is 2.09. The highest BCUT2D eigenvalue weighted by molar-refractivity contribution is 7.17. The average Bonchev–Trinajstić information content (AvgIpc) is 2.96. The fraction of sp³-hybridized carbons (Fsp3) is 0.214. The summed E-state index contributed by atoms with van der Waals surface area (Å²) in [6, 6.07) is 7.35. The number of hydrogen-bond acceptors (Lipinski definition) is 4. The van der Waals surface area contributed by atoms with Gasteiger partial charge in [-0.05, 0) is 19.1 Å². The van der Waals surface area contributed by atoms with E-state index in [1.807, 2.05) is 22.7 Å². The molecule has 0 saturated carbocycles. The van der Waals surface area contributed by atoms with Gasteiger partial charge in [0, 0.05) is 16.8 Å². The quantitative estimate of drug-likeness (QED) is 0.781. The van der Waals surface area contributed by atoms with Crippen LogP contribution in [0.25, 0.3) is 16.2 Å². The molecule has 0 amide bonds. The lowest BCUT2D eigenvalue weighted by atomic mass is 10.1. The van der Waals surface area contributed by atoms with Crippen molar-refractivity contribution in [2.45, 2.75) is 19.6 Å². The Hall–Kier alpha value is -1.40. The van der Waals surface area contributed by atoms with Gasteiger partial charge in [-0.25, -0.2) is 4.98 Å². The van der Waals surface area contributed by atoms with Gasteiger partial charge in [-0.1, -0.05) is 35.1 Å². The van der Waals surface area contributed by atoms with Gasteiger partial charge in [0.1, 0.15) is 0 Å². The molecule has 1 atom stereocenters. The van der Waals surface area contributed by atoms with Crippen molar-refractivity contribution in [2.24, 2.45) is 0 Å². The topological polar surface area (TPSA) is 57.8 Å². The van der Waals surface area contributed by atoms with Crippen molar-refractivity contribution in [1.29, 1.82) is 0 Å². The van der Waals surface area contributed by atoms with Crippen LogP contribution in [0.15, 0.2) is 30.5 Å². The van der Waals surface area contributed by atoms with Crippen molar-refractivity contribution in [3.05, 3.63) is 46.1 Å². The Morgan fingerprint density at radius 2 is 2.05 bits per heavy atom. The monoisotopic (exact) mass is 308 g/mol. The molecule has 2 heterocycles. The molecular weight excluding hydrogens is 296 g/mol. The van der Waals surface area contributed by atoms with E-state index in [-0.39, 0.29) is 6.61 Å². The third-order valence-corrected chi connectivity index (χ3v) is 4.53. The summed E-state index contributed by atoms with van der Waals surface area (Å²) in [7, 11) is 0. The van der Waals surface area contributed by atoms with Crippen molar-refractivity contribution in [3.63, 3.8) is 0 Å². The molecule has 0 radical (unpaired) electrons. The average molecular weight is 309 g/mol. The van der Waals surface area contributed by atoms with E-state index in [1.54, 1.807) is 19.1 Å². The lowest BCUT2D eigenvalue weighted by Gasteiger charge is -2.02. The third-order valence-electron chi connectivity index (χ3n) is 3.12. The van der Waals surface area contributed by atoms with Crippen molar-refractivity contribution in [2.75, 3.05) is 0 Å². The number of nitrogens with zero attached hydrogens (tertiary/aromatic N) is 2. The SMILES string of the molecule is CC(O)c1cn2c(CO)c(-c3ccc(Cl)cc3)nc2s1. The third kappa shape index (κ3) is 2.23. The molecule has 1 aromatic carbocycles. The lowest BCUT2D eigenvalue weighted by molar-refractivity contribution is 0.202. The first-order chi connectivity index (χ1) is 9.60. The van der Waals surface area contributed by atoms with Gasteiger partial charge >= 0.3 is 0 Å². The van der Waals surface area contributed by atoms with E-state index in [9.17, 15) is 10.2 Å². The molecule has 0 aliphatic carbocycles. The smallest absolute Gasteiger partial charge is 0.194 e. The standard InChI is InChI=1S/C14H13ClN2O2S/c1-8(19)12-6-17-11(7-18)13(16-14(17)20-12)9-2-4-10(15)5-3-9/h2-6,8,18-19H,7H2,1H3. The maximum atomic E-state index is 9.62. The minimum absolute atomic E-state index is 0.116. The predicted octanol–water partition coefficient (Wildman–Crippen LogP) is 3.26. The lowest BCUT2D eigenvalue weighted by Crippen LogP contribution is -1.93. The Labute approximate surface area is 124 Å². The number of aliphatic hydroxyl groups is 2. The van der Waals surface area contributed by atoms with E-state index < -0.39 is 6.10 Å². The highest BCUT2D eigenvalue weighted by Crippen LogP contribution is 2.31. The summed E-state index contributed by atoms with van der Waals surface area (Å²) in [5.74, 6) is 0. The Morgan fingerprint density at radius 1 is 1.35 bits per heavy atom. The van der Waals surface area contributed by atoms with Crippen molar-refractivity contribution >= 4 is 27.9 Å². The van der Waals surface area contributed by atoms with Gasteiger partial charge in [0.15, 0.2) is 4.96 Å². The van der Waals surface area contributed by atoms with Crippen molar-refractivity contribution in [3.8, 4) is 11.3 Å². The van der Waals surface area contributed by atoms with E-state index in [1.165, 1.54) is 11.3 Å². The minimum atomic E-state index is -0.535. The normalized spacial score (nSPS) is 13.0. The number of halogens is 1. The summed E-state index contributed by atoms with van der Waals surface area (Å²) in [6.07, 6.45) is 1.29. The number of benzene rings is 1. The van der Waals surface area contributed by atoms with E-state index in [0.717, 1.165) is 21.1 Å². The molecule has 0 spiro atoms. The van der Waals surface area contributed by atoms with Crippen LogP contribution >= 0.6 is 22.9 Å². The Balaban J connectivity index is 2.16. The van der Waals surface area contributed by atoms with Gasteiger partial charge < -0.3 is 10.2 Å². The molecule has 0 bridgehead atoms. The zero-order chi connectivity index (χ0) is 14.3. The molecule has 1 unspecified atom stereocenters. The second-order valence-electron chi connectivity index (χ2n) is 4.53. The molecule has 0 aliphatic rings. The number of fused-ring (bicyclic) bond motifs is 1. The van der Waals surface area contributed by atoms with Crippen LogP contribution in [0.1, 0.15) is 23.6 Å². The second-order valence-corrected chi connectivity index (χ2v) is 6.01. The molecule has 2 aromatic heterocycles. The number of hydrogen-bond donors (Lipinski definition) is 2.